The second-order valence-electron chi connectivity index (χ2n) is 5.96. The van der Waals surface area contributed by atoms with Crippen molar-refractivity contribution in [3.63, 3.8) is 0 Å². The summed E-state index contributed by atoms with van der Waals surface area (Å²) >= 11 is 1.43. The van der Waals surface area contributed by atoms with Gasteiger partial charge >= 0.3 is 6.18 Å². The topological polar surface area (TPSA) is 72.4 Å². The number of aromatic nitrogens is 3. The molecule has 4 rings (SSSR count). The molecule has 0 radical (unpaired) electrons. The highest BCUT2D eigenvalue weighted by Crippen LogP contribution is 2.32. The number of furan rings is 1. The van der Waals surface area contributed by atoms with Crippen molar-refractivity contribution in [2.45, 2.75) is 11.1 Å². The van der Waals surface area contributed by atoms with Crippen LogP contribution >= 0.6 is 11.8 Å². The summed E-state index contributed by atoms with van der Waals surface area (Å²) in [5.74, 6) is -0.455. The van der Waals surface area contributed by atoms with Crippen molar-refractivity contribution in [2.75, 3.05) is 11.6 Å². The number of nitrogens with one attached hydrogen (secondary N) is 1. The van der Waals surface area contributed by atoms with E-state index in [2.05, 4.69) is 15.4 Å². The number of nitrogens with zero attached hydrogens (tertiary/aromatic N) is 3. The van der Waals surface area contributed by atoms with Gasteiger partial charge in [0.2, 0.25) is 0 Å². The van der Waals surface area contributed by atoms with Crippen molar-refractivity contribution in [1.29, 1.82) is 0 Å². The molecule has 3 aromatic heterocycles. The minimum atomic E-state index is -4.70. The quantitative estimate of drug-likeness (QED) is 0.473. The van der Waals surface area contributed by atoms with Crippen molar-refractivity contribution in [1.82, 2.24) is 14.6 Å². The molecule has 29 heavy (non-hydrogen) atoms. The van der Waals surface area contributed by atoms with Crippen LogP contribution in [0.5, 0.6) is 0 Å². The molecule has 0 fully saturated rings. The Kier molecular flexibility index (Phi) is 4.79. The Hall–Kier alpha value is -3.27. The summed E-state index contributed by atoms with van der Waals surface area (Å²) in [6, 6.07) is 12.2. The maximum Gasteiger partial charge on any atom is 0.433 e. The molecule has 0 aliphatic heterocycles. The molecule has 1 amide bonds. The van der Waals surface area contributed by atoms with E-state index in [0.29, 0.717) is 10.2 Å². The Morgan fingerprint density at radius 1 is 1.17 bits per heavy atom. The Labute approximate surface area is 166 Å². The molecule has 148 valence electrons. The lowest BCUT2D eigenvalue weighted by atomic mass is 10.2. The Bertz CT molecular complexity index is 1190. The molecule has 1 aromatic carbocycles. The fourth-order valence-corrected chi connectivity index (χ4v) is 3.33. The highest BCUT2D eigenvalue weighted by Gasteiger charge is 2.36. The van der Waals surface area contributed by atoms with Crippen molar-refractivity contribution in [3.8, 4) is 11.5 Å². The molecule has 0 spiro atoms. The number of hydrogen-bond acceptors (Lipinski definition) is 5. The van der Waals surface area contributed by atoms with Crippen LogP contribution in [0.1, 0.15) is 16.2 Å². The van der Waals surface area contributed by atoms with Gasteiger partial charge in [0, 0.05) is 11.0 Å². The van der Waals surface area contributed by atoms with Gasteiger partial charge in [0.05, 0.1) is 12.0 Å². The van der Waals surface area contributed by atoms with E-state index in [0.717, 1.165) is 11.0 Å². The number of carbonyl (C=O) groups excluding carboxylic acids is 1. The molecular formula is C19H13F3N4O2S. The third-order valence-electron chi connectivity index (χ3n) is 4.08. The summed E-state index contributed by atoms with van der Waals surface area (Å²) < 4.78 is 46.5. The first kappa shape index (κ1) is 19.1. The summed E-state index contributed by atoms with van der Waals surface area (Å²) in [5.41, 5.74) is -0.820. The number of anilines is 1. The van der Waals surface area contributed by atoms with Gasteiger partial charge in [0.25, 0.3) is 5.91 Å². The van der Waals surface area contributed by atoms with Gasteiger partial charge in [-0.05, 0) is 36.6 Å². The molecule has 10 heteroatoms. The van der Waals surface area contributed by atoms with Crippen LogP contribution in [0.15, 0.2) is 64.1 Å². The molecule has 0 bridgehead atoms. The summed E-state index contributed by atoms with van der Waals surface area (Å²) in [4.78, 5) is 17.6. The Morgan fingerprint density at radius 2 is 1.97 bits per heavy atom. The normalized spacial score (nSPS) is 11.7. The summed E-state index contributed by atoms with van der Waals surface area (Å²) in [5, 5.41) is 6.51. The predicted octanol–water partition coefficient (Wildman–Crippen LogP) is 4.98. The Balaban J connectivity index is 1.78. The van der Waals surface area contributed by atoms with E-state index in [1.165, 1.54) is 30.2 Å². The van der Waals surface area contributed by atoms with Crippen LogP contribution in [0.25, 0.3) is 17.1 Å². The van der Waals surface area contributed by atoms with Crippen LogP contribution in [0.2, 0.25) is 0 Å². The highest BCUT2D eigenvalue weighted by molar-refractivity contribution is 7.98. The first-order valence-electron chi connectivity index (χ1n) is 8.33. The predicted molar refractivity (Wildman–Crippen MR) is 102 cm³/mol. The van der Waals surface area contributed by atoms with Crippen molar-refractivity contribution < 1.29 is 22.4 Å². The van der Waals surface area contributed by atoms with Gasteiger partial charge in [0.1, 0.15) is 5.69 Å². The molecule has 0 aliphatic rings. The average molecular weight is 418 g/mol. The lowest BCUT2D eigenvalue weighted by molar-refractivity contribution is -0.142. The smallest absolute Gasteiger partial charge is 0.433 e. The average Bonchev–Trinajstić information content (AvgIpc) is 3.36. The molecule has 0 saturated heterocycles. The number of thioether (sulfide) groups is 1. The molecular weight excluding hydrogens is 405 g/mol. The van der Waals surface area contributed by atoms with E-state index in [9.17, 15) is 18.0 Å². The monoisotopic (exact) mass is 418 g/mol. The number of amides is 1. The third kappa shape index (κ3) is 3.70. The first-order chi connectivity index (χ1) is 13.9. The first-order valence-corrected chi connectivity index (χ1v) is 9.55. The fraction of sp³-hybridized carbons (Fsp3) is 0.105. The maximum atomic E-state index is 13.6. The zero-order valence-corrected chi connectivity index (χ0v) is 15.7. The van der Waals surface area contributed by atoms with Crippen LogP contribution < -0.4 is 5.32 Å². The SMILES string of the molecule is CSc1ccccc1NC(=O)c1cc2nc(-c3ccco3)cc(C(F)(F)F)n2n1. The van der Waals surface area contributed by atoms with Gasteiger partial charge in [-0.2, -0.15) is 18.3 Å². The number of alkyl halides is 3. The van der Waals surface area contributed by atoms with Gasteiger partial charge in [0.15, 0.2) is 22.8 Å². The molecule has 0 unspecified atom stereocenters. The standard InChI is InChI=1S/C19H13F3N4O2S/c1-29-15-7-3-2-5-11(15)24-18(27)13-10-17-23-12(14-6-4-8-28-14)9-16(19(20,21)22)26(17)25-13/h2-10H,1H3,(H,24,27). The summed E-state index contributed by atoms with van der Waals surface area (Å²) in [6.45, 7) is 0. The van der Waals surface area contributed by atoms with Gasteiger partial charge in [-0.1, -0.05) is 12.1 Å². The lowest BCUT2D eigenvalue weighted by Gasteiger charge is -2.10. The van der Waals surface area contributed by atoms with Crippen molar-refractivity contribution in [2.24, 2.45) is 0 Å². The Morgan fingerprint density at radius 3 is 2.66 bits per heavy atom. The maximum absolute atomic E-state index is 13.6. The van der Waals surface area contributed by atoms with Gasteiger partial charge < -0.3 is 9.73 Å². The highest BCUT2D eigenvalue weighted by atomic mass is 32.2. The zero-order chi connectivity index (χ0) is 20.6. The number of rotatable bonds is 4. The molecule has 1 N–H and O–H groups in total. The second kappa shape index (κ2) is 7.28. The largest absolute Gasteiger partial charge is 0.463 e. The lowest BCUT2D eigenvalue weighted by Crippen LogP contribution is -2.16. The zero-order valence-electron chi connectivity index (χ0n) is 14.9. The molecule has 4 aromatic rings. The van der Waals surface area contributed by atoms with E-state index in [1.54, 1.807) is 18.2 Å². The second-order valence-corrected chi connectivity index (χ2v) is 6.80. The van der Waals surface area contributed by atoms with Crippen LogP contribution in [-0.2, 0) is 6.18 Å². The molecule has 0 saturated carbocycles. The number of halogens is 3. The van der Waals surface area contributed by atoms with E-state index in [4.69, 9.17) is 4.42 Å². The number of carbonyl (C=O) groups is 1. The number of hydrogen-bond donors (Lipinski definition) is 1. The van der Waals surface area contributed by atoms with Crippen molar-refractivity contribution in [3.05, 3.63) is 66.2 Å². The van der Waals surface area contributed by atoms with Gasteiger partial charge in [-0.3, -0.25) is 4.79 Å². The molecule has 0 aliphatic carbocycles. The van der Waals surface area contributed by atoms with Gasteiger partial charge in [-0.25, -0.2) is 9.50 Å². The van der Waals surface area contributed by atoms with Crippen LogP contribution in [-0.4, -0.2) is 26.8 Å². The fourth-order valence-electron chi connectivity index (χ4n) is 2.77. The van der Waals surface area contributed by atoms with Gasteiger partial charge in [-0.15, -0.1) is 11.8 Å². The van der Waals surface area contributed by atoms with Crippen LogP contribution in [0, 0.1) is 0 Å². The molecule has 0 atom stereocenters. The third-order valence-corrected chi connectivity index (χ3v) is 4.87. The number of para-hydroxylation sites is 1. The number of benzene rings is 1. The van der Waals surface area contributed by atoms with E-state index >= 15 is 0 Å². The van der Waals surface area contributed by atoms with Crippen LogP contribution in [0.3, 0.4) is 0 Å². The summed E-state index contributed by atoms with van der Waals surface area (Å²) in [7, 11) is 0. The summed E-state index contributed by atoms with van der Waals surface area (Å²) in [6.07, 6.45) is -1.51. The van der Waals surface area contributed by atoms with Crippen molar-refractivity contribution >= 4 is 29.0 Å². The van der Waals surface area contributed by atoms with E-state index < -0.39 is 17.8 Å². The minimum absolute atomic E-state index is 0.00517. The minimum Gasteiger partial charge on any atom is -0.463 e. The molecule has 6 nitrogen and oxygen atoms in total. The van der Waals surface area contributed by atoms with E-state index in [1.807, 2.05) is 18.4 Å². The molecule has 3 heterocycles. The van der Waals surface area contributed by atoms with E-state index in [-0.39, 0.29) is 22.8 Å². The van der Waals surface area contributed by atoms with Crippen LogP contribution in [0.4, 0.5) is 18.9 Å². The number of fused-ring (bicyclic) bond motifs is 1.